The second-order valence-electron chi connectivity index (χ2n) is 5.19. The number of likely N-dealkylation sites (tertiary alicyclic amines) is 1. The third-order valence-electron chi connectivity index (χ3n) is 3.62. The molecule has 112 valence electrons. The summed E-state index contributed by atoms with van der Waals surface area (Å²) in [6.07, 6.45) is 4.14. The minimum absolute atomic E-state index is 0.243. The van der Waals surface area contributed by atoms with Crippen LogP contribution in [0, 0.1) is 0 Å². The lowest BCUT2D eigenvalue weighted by atomic mass is 10.1. The molecule has 1 saturated heterocycles. The molecule has 0 atom stereocenters. The number of halogens is 1. The van der Waals surface area contributed by atoms with Crippen LogP contribution in [0.5, 0.6) is 5.75 Å². The predicted octanol–water partition coefficient (Wildman–Crippen LogP) is 3.42. The number of hydrogen-bond donors (Lipinski definition) is 1. The topological polar surface area (TPSA) is 51.4 Å². The van der Waals surface area contributed by atoms with Gasteiger partial charge in [0.25, 0.3) is 0 Å². The normalized spacial score (nSPS) is 17.0. The Balaban J connectivity index is 1.50. The van der Waals surface area contributed by atoms with E-state index in [0.717, 1.165) is 38.2 Å². The third kappa shape index (κ3) is 3.87. The van der Waals surface area contributed by atoms with Gasteiger partial charge < -0.3 is 10.5 Å². The van der Waals surface area contributed by atoms with Crippen molar-refractivity contribution < 1.29 is 4.74 Å². The van der Waals surface area contributed by atoms with Gasteiger partial charge >= 0.3 is 0 Å². The second-order valence-corrected chi connectivity index (χ2v) is 6.74. The highest BCUT2D eigenvalue weighted by Crippen LogP contribution is 2.27. The van der Waals surface area contributed by atoms with Gasteiger partial charge in [-0.2, -0.15) is 0 Å². The molecule has 2 aromatic rings. The van der Waals surface area contributed by atoms with E-state index < -0.39 is 0 Å². The number of hydrogen-bond acceptors (Lipinski definition) is 5. The number of nitrogen functional groups attached to an aromatic ring is 1. The predicted molar refractivity (Wildman–Crippen MR) is 86.9 cm³/mol. The molecule has 0 unspecified atom stereocenters. The summed E-state index contributed by atoms with van der Waals surface area (Å²) >= 11 is 7.69. The van der Waals surface area contributed by atoms with Crippen molar-refractivity contribution in [2.75, 3.05) is 18.8 Å². The van der Waals surface area contributed by atoms with Gasteiger partial charge in [0, 0.05) is 30.7 Å². The Bertz CT molecular complexity index is 596. The highest BCUT2D eigenvalue weighted by atomic mass is 35.5. The van der Waals surface area contributed by atoms with Gasteiger partial charge in [-0.1, -0.05) is 23.7 Å². The van der Waals surface area contributed by atoms with Crippen molar-refractivity contribution in [1.29, 1.82) is 0 Å². The molecule has 0 radical (unpaired) electrons. The molecular formula is C15H18ClN3OS. The number of nitrogens with two attached hydrogens (primary N) is 1. The van der Waals surface area contributed by atoms with Crippen LogP contribution in [0.2, 0.25) is 5.02 Å². The van der Waals surface area contributed by atoms with Gasteiger partial charge in [-0.05, 0) is 25.0 Å². The number of ether oxygens (including phenoxy) is 1. The molecule has 0 amide bonds. The largest absolute Gasteiger partial charge is 0.489 e. The summed E-state index contributed by atoms with van der Waals surface area (Å²) in [4.78, 5) is 7.73. The van der Waals surface area contributed by atoms with E-state index in [4.69, 9.17) is 22.1 Å². The Kier molecular flexibility index (Phi) is 4.63. The molecule has 21 heavy (non-hydrogen) atoms. The van der Waals surface area contributed by atoms with Gasteiger partial charge in [-0.3, -0.25) is 4.90 Å². The Labute approximate surface area is 133 Å². The van der Waals surface area contributed by atoms with E-state index in [1.165, 1.54) is 4.88 Å². The fourth-order valence-corrected chi connectivity index (χ4v) is 3.43. The fourth-order valence-electron chi connectivity index (χ4n) is 2.52. The second kappa shape index (κ2) is 6.64. The number of para-hydroxylation sites is 1. The molecule has 4 nitrogen and oxygen atoms in total. The van der Waals surface area contributed by atoms with Crippen LogP contribution >= 0.6 is 22.9 Å². The first-order valence-electron chi connectivity index (χ1n) is 7.04. The third-order valence-corrected chi connectivity index (χ3v) is 4.74. The van der Waals surface area contributed by atoms with Crippen LogP contribution in [0.1, 0.15) is 17.7 Å². The van der Waals surface area contributed by atoms with E-state index in [2.05, 4.69) is 9.88 Å². The average molecular weight is 324 g/mol. The summed E-state index contributed by atoms with van der Waals surface area (Å²) in [7, 11) is 0. The van der Waals surface area contributed by atoms with Gasteiger partial charge in [0.05, 0.1) is 5.02 Å². The van der Waals surface area contributed by atoms with Crippen molar-refractivity contribution in [3.63, 3.8) is 0 Å². The summed E-state index contributed by atoms with van der Waals surface area (Å²) in [5.41, 5.74) is 5.66. The molecule has 1 aliphatic heterocycles. The highest BCUT2D eigenvalue weighted by molar-refractivity contribution is 7.15. The van der Waals surface area contributed by atoms with Crippen molar-refractivity contribution in [3.05, 3.63) is 40.4 Å². The van der Waals surface area contributed by atoms with E-state index >= 15 is 0 Å². The Morgan fingerprint density at radius 2 is 2.10 bits per heavy atom. The zero-order valence-corrected chi connectivity index (χ0v) is 13.2. The summed E-state index contributed by atoms with van der Waals surface area (Å²) in [5.74, 6) is 0.785. The van der Waals surface area contributed by atoms with Crippen molar-refractivity contribution in [2.45, 2.75) is 25.5 Å². The lowest BCUT2D eigenvalue weighted by Gasteiger charge is -2.31. The molecule has 1 aromatic heterocycles. The maximum Gasteiger partial charge on any atom is 0.180 e. The number of anilines is 1. The molecular weight excluding hydrogens is 306 g/mol. The van der Waals surface area contributed by atoms with E-state index in [9.17, 15) is 0 Å². The number of nitrogens with zero attached hydrogens (tertiary/aromatic N) is 2. The summed E-state index contributed by atoms with van der Waals surface area (Å²) < 4.78 is 6.00. The molecule has 2 heterocycles. The van der Waals surface area contributed by atoms with E-state index in [-0.39, 0.29) is 6.10 Å². The Hall–Kier alpha value is -1.30. The zero-order chi connectivity index (χ0) is 14.7. The summed E-state index contributed by atoms with van der Waals surface area (Å²) in [6, 6.07) is 7.65. The minimum Gasteiger partial charge on any atom is -0.489 e. The molecule has 0 saturated carbocycles. The molecule has 0 bridgehead atoms. The van der Waals surface area contributed by atoms with Crippen LogP contribution in [0.4, 0.5) is 5.13 Å². The minimum atomic E-state index is 0.243. The monoisotopic (exact) mass is 323 g/mol. The maximum absolute atomic E-state index is 6.13. The molecule has 2 N–H and O–H groups in total. The molecule has 0 spiro atoms. The quantitative estimate of drug-likeness (QED) is 0.936. The van der Waals surface area contributed by atoms with E-state index in [1.807, 2.05) is 30.5 Å². The molecule has 6 heteroatoms. The number of piperidine rings is 1. The standard InChI is InChI=1S/C15H18ClN3OS/c16-13-3-1-2-4-14(13)20-11-5-7-19(8-6-11)10-12-9-18-15(17)21-12/h1-4,9,11H,5-8,10H2,(H2,17,18). The average Bonchev–Trinajstić information content (AvgIpc) is 2.89. The first-order chi connectivity index (χ1) is 10.2. The fraction of sp³-hybridized carbons (Fsp3) is 0.400. The van der Waals surface area contributed by atoms with Crippen LogP contribution < -0.4 is 10.5 Å². The number of benzene rings is 1. The summed E-state index contributed by atoms with van der Waals surface area (Å²) in [6.45, 7) is 2.97. The van der Waals surface area contributed by atoms with Gasteiger partial charge in [-0.15, -0.1) is 11.3 Å². The van der Waals surface area contributed by atoms with E-state index in [1.54, 1.807) is 11.3 Å². The van der Waals surface area contributed by atoms with Crippen LogP contribution in [0.3, 0.4) is 0 Å². The SMILES string of the molecule is Nc1ncc(CN2CCC(Oc3ccccc3Cl)CC2)s1. The Morgan fingerprint density at radius 3 is 2.76 bits per heavy atom. The van der Waals surface area contributed by atoms with E-state index in [0.29, 0.717) is 10.2 Å². The highest BCUT2D eigenvalue weighted by Gasteiger charge is 2.21. The number of rotatable bonds is 4. The molecule has 1 fully saturated rings. The lowest BCUT2D eigenvalue weighted by Crippen LogP contribution is -2.37. The van der Waals surface area contributed by atoms with Crippen molar-refractivity contribution >= 4 is 28.1 Å². The van der Waals surface area contributed by atoms with Crippen molar-refractivity contribution in [1.82, 2.24) is 9.88 Å². The molecule has 0 aliphatic carbocycles. The van der Waals surface area contributed by atoms with Crippen molar-refractivity contribution in [2.24, 2.45) is 0 Å². The summed E-state index contributed by atoms with van der Waals surface area (Å²) in [5, 5.41) is 1.32. The first kappa shape index (κ1) is 14.6. The van der Waals surface area contributed by atoms with Crippen LogP contribution in [-0.2, 0) is 6.54 Å². The molecule has 1 aromatic carbocycles. The van der Waals surface area contributed by atoms with Crippen LogP contribution in [0.25, 0.3) is 0 Å². The number of aromatic nitrogens is 1. The first-order valence-corrected chi connectivity index (χ1v) is 8.24. The van der Waals surface area contributed by atoms with Gasteiger partial charge in [0.1, 0.15) is 11.9 Å². The maximum atomic E-state index is 6.13. The molecule has 3 rings (SSSR count). The zero-order valence-electron chi connectivity index (χ0n) is 11.7. The van der Waals surface area contributed by atoms with Crippen LogP contribution in [-0.4, -0.2) is 29.1 Å². The smallest absolute Gasteiger partial charge is 0.180 e. The van der Waals surface area contributed by atoms with Gasteiger partial charge in [-0.25, -0.2) is 4.98 Å². The molecule has 1 aliphatic rings. The number of thiazole rings is 1. The lowest BCUT2D eigenvalue weighted by molar-refractivity contribution is 0.0974. The van der Waals surface area contributed by atoms with Gasteiger partial charge in [0.2, 0.25) is 0 Å². The Morgan fingerprint density at radius 1 is 1.33 bits per heavy atom. The van der Waals surface area contributed by atoms with Crippen LogP contribution in [0.15, 0.2) is 30.5 Å². The van der Waals surface area contributed by atoms with Gasteiger partial charge in [0.15, 0.2) is 5.13 Å². The van der Waals surface area contributed by atoms with Crippen molar-refractivity contribution in [3.8, 4) is 5.75 Å².